The third kappa shape index (κ3) is 3.00. The lowest BCUT2D eigenvalue weighted by molar-refractivity contribution is 0.341. The molecule has 0 amide bonds. The van der Waals surface area contributed by atoms with E-state index in [-0.39, 0.29) is 0 Å². The van der Waals surface area contributed by atoms with E-state index in [0.29, 0.717) is 29.8 Å². The molecule has 0 saturated heterocycles. The summed E-state index contributed by atoms with van der Waals surface area (Å²) in [5.74, 6) is 2.37. The van der Waals surface area contributed by atoms with Gasteiger partial charge in [0.15, 0.2) is 11.6 Å². The highest BCUT2D eigenvalue weighted by atomic mass is 16.5. The lowest BCUT2D eigenvalue weighted by atomic mass is 10.2. The van der Waals surface area contributed by atoms with Gasteiger partial charge in [-0.3, -0.25) is 0 Å². The molecule has 8 heteroatoms. The zero-order valence-electron chi connectivity index (χ0n) is 12.2. The molecule has 3 rings (SSSR count). The van der Waals surface area contributed by atoms with Crippen LogP contribution >= 0.6 is 0 Å². The number of hydrogen-bond acceptors (Lipinski definition) is 7. The maximum absolute atomic E-state index is 5.64. The van der Waals surface area contributed by atoms with Crippen molar-refractivity contribution in [1.82, 2.24) is 30.6 Å². The van der Waals surface area contributed by atoms with Crippen molar-refractivity contribution < 1.29 is 4.74 Å². The van der Waals surface area contributed by atoms with Crippen LogP contribution in [-0.2, 0) is 0 Å². The van der Waals surface area contributed by atoms with Crippen molar-refractivity contribution in [3.05, 3.63) is 36.2 Å². The maximum Gasteiger partial charge on any atom is 0.206 e. The fraction of sp³-hybridized carbons (Fsp3) is 0.214. The highest BCUT2D eigenvalue weighted by Gasteiger charge is 2.11. The van der Waals surface area contributed by atoms with Gasteiger partial charge in [-0.1, -0.05) is 6.07 Å². The predicted molar refractivity (Wildman–Crippen MR) is 80.8 cm³/mol. The largest absolute Gasteiger partial charge is 0.490 e. The predicted octanol–water partition coefficient (Wildman–Crippen LogP) is 2.11. The van der Waals surface area contributed by atoms with Crippen molar-refractivity contribution in [2.75, 3.05) is 11.9 Å². The number of aryl methyl sites for hydroxylation is 1. The van der Waals surface area contributed by atoms with Crippen molar-refractivity contribution in [2.45, 2.75) is 13.8 Å². The Morgan fingerprint density at radius 3 is 2.95 bits per heavy atom. The van der Waals surface area contributed by atoms with Crippen LogP contribution in [0.3, 0.4) is 0 Å². The second kappa shape index (κ2) is 6.17. The number of aromatic amines is 1. The molecular weight excluding hydrogens is 282 g/mol. The molecule has 2 N–H and O–H groups in total. The zero-order chi connectivity index (χ0) is 15.4. The van der Waals surface area contributed by atoms with Crippen LogP contribution in [0.15, 0.2) is 30.5 Å². The van der Waals surface area contributed by atoms with Gasteiger partial charge in [0, 0.05) is 17.5 Å². The minimum Gasteiger partial charge on any atom is -0.490 e. The van der Waals surface area contributed by atoms with E-state index in [1.807, 2.05) is 38.1 Å². The first kappa shape index (κ1) is 13.9. The summed E-state index contributed by atoms with van der Waals surface area (Å²) < 4.78 is 5.64. The standard InChI is InChI=1S/C14H15N7O/c1-3-22-11-7-10(13-18-20-21-19-13)8-15-14(11)17-12-6-4-5-9(2)16-12/h4-8H,3H2,1-2H3,(H,15,16,17)(H,18,19,20,21). The molecule has 0 aliphatic carbocycles. The number of anilines is 2. The van der Waals surface area contributed by atoms with Crippen molar-refractivity contribution >= 4 is 11.6 Å². The van der Waals surface area contributed by atoms with Gasteiger partial charge < -0.3 is 10.1 Å². The van der Waals surface area contributed by atoms with Gasteiger partial charge in [-0.15, -0.1) is 10.2 Å². The van der Waals surface area contributed by atoms with Gasteiger partial charge in [0.2, 0.25) is 5.82 Å². The summed E-state index contributed by atoms with van der Waals surface area (Å²) in [6.07, 6.45) is 1.66. The van der Waals surface area contributed by atoms with Gasteiger partial charge in [-0.25, -0.2) is 9.97 Å². The molecule has 0 spiro atoms. The van der Waals surface area contributed by atoms with Crippen LogP contribution in [0.25, 0.3) is 11.4 Å². The highest BCUT2D eigenvalue weighted by Crippen LogP contribution is 2.28. The van der Waals surface area contributed by atoms with E-state index in [4.69, 9.17) is 4.74 Å². The van der Waals surface area contributed by atoms with Gasteiger partial charge in [0.1, 0.15) is 5.82 Å². The van der Waals surface area contributed by atoms with E-state index in [9.17, 15) is 0 Å². The highest BCUT2D eigenvalue weighted by molar-refractivity contribution is 5.65. The fourth-order valence-corrected chi connectivity index (χ4v) is 1.94. The maximum atomic E-state index is 5.64. The lowest BCUT2D eigenvalue weighted by Gasteiger charge is -2.12. The van der Waals surface area contributed by atoms with Gasteiger partial charge >= 0.3 is 0 Å². The SMILES string of the molecule is CCOc1cc(-c2nn[nH]n2)cnc1Nc1cccc(C)n1. The summed E-state index contributed by atoms with van der Waals surface area (Å²) in [4.78, 5) is 8.78. The smallest absolute Gasteiger partial charge is 0.206 e. The topological polar surface area (TPSA) is 102 Å². The molecule has 22 heavy (non-hydrogen) atoms. The van der Waals surface area contributed by atoms with Crippen LogP contribution < -0.4 is 10.1 Å². The number of nitrogens with zero attached hydrogens (tertiary/aromatic N) is 5. The van der Waals surface area contributed by atoms with Gasteiger partial charge in [0.25, 0.3) is 0 Å². The molecule has 0 aliphatic rings. The molecular formula is C14H15N7O. The molecule has 3 heterocycles. The van der Waals surface area contributed by atoms with Gasteiger partial charge in [-0.05, 0) is 37.3 Å². The minimum absolute atomic E-state index is 0.466. The Hall–Kier alpha value is -3.03. The van der Waals surface area contributed by atoms with E-state index in [0.717, 1.165) is 11.3 Å². The first-order valence-corrected chi connectivity index (χ1v) is 6.83. The van der Waals surface area contributed by atoms with Crippen molar-refractivity contribution in [3.63, 3.8) is 0 Å². The third-order valence-electron chi connectivity index (χ3n) is 2.89. The van der Waals surface area contributed by atoms with Crippen LogP contribution in [0.2, 0.25) is 0 Å². The normalized spacial score (nSPS) is 10.5. The third-order valence-corrected chi connectivity index (χ3v) is 2.89. The number of tetrazole rings is 1. The summed E-state index contributed by atoms with van der Waals surface area (Å²) in [6.45, 7) is 4.37. The van der Waals surface area contributed by atoms with Crippen LogP contribution in [0.5, 0.6) is 5.75 Å². The van der Waals surface area contributed by atoms with Crippen molar-refractivity contribution in [2.24, 2.45) is 0 Å². The molecule has 8 nitrogen and oxygen atoms in total. The van der Waals surface area contributed by atoms with Crippen LogP contribution in [0.1, 0.15) is 12.6 Å². The van der Waals surface area contributed by atoms with Gasteiger partial charge in [0.05, 0.1) is 6.61 Å². The molecule has 0 fully saturated rings. The Morgan fingerprint density at radius 1 is 1.32 bits per heavy atom. The fourth-order valence-electron chi connectivity index (χ4n) is 1.94. The first-order valence-electron chi connectivity index (χ1n) is 6.83. The lowest BCUT2D eigenvalue weighted by Crippen LogP contribution is -2.02. The van der Waals surface area contributed by atoms with Gasteiger partial charge in [-0.2, -0.15) is 5.21 Å². The van der Waals surface area contributed by atoms with Crippen LogP contribution in [0.4, 0.5) is 11.6 Å². The summed E-state index contributed by atoms with van der Waals surface area (Å²) in [5, 5.41) is 17.0. The van der Waals surface area contributed by atoms with Crippen LogP contribution in [0, 0.1) is 6.92 Å². The first-order chi connectivity index (χ1) is 10.8. The molecule has 0 atom stereocenters. The van der Waals surface area contributed by atoms with E-state index in [2.05, 4.69) is 35.9 Å². The molecule has 0 bridgehead atoms. The molecule has 0 aliphatic heterocycles. The average molecular weight is 297 g/mol. The minimum atomic E-state index is 0.466. The Labute approximate surface area is 127 Å². The zero-order valence-corrected chi connectivity index (χ0v) is 12.2. The Morgan fingerprint density at radius 2 is 2.23 bits per heavy atom. The summed E-state index contributed by atoms with van der Waals surface area (Å²) in [5.41, 5.74) is 1.64. The number of nitrogens with one attached hydrogen (secondary N) is 2. The number of pyridine rings is 2. The average Bonchev–Trinajstić information content (AvgIpc) is 3.04. The number of ether oxygens (including phenoxy) is 1. The number of H-pyrrole nitrogens is 1. The van der Waals surface area contributed by atoms with E-state index in [1.54, 1.807) is 6.20 Å². The van der Waals surface area contributed by atoms with E-state index < -0.39 is 0 Å². The molecule has 0 radical (unpaired) electrons. The summed E-state index contributed by atoms with van der Waals surface area (Å²) in [6, 6.07) is 7.55. The Kier molecular flexibility index (Phi) is 3.90. The number of hydrogen-bond donors (Lipinski definition) is 2. The molecule has 0 saturated carbocycles. The molecule has 3 aromatic heterocycles. The Bertz CT molecular complexity index is 758. The summed E-state index contributed by atoms with van der Waals surface area (Å²) >= 11 is 0. The molecule has 0 aromatic carbocycles. The van der Waals surface area contributed by atoms with Crippen molar-refractivity contribution in [3.8, 4) is 17.1 Å². The number of aromatic nitrogens is 6. The van der Waals surface area contributed by atoms with E-state index in [1.165, 1.54) is 0 Å². The second-order valence-electron chi connectivity index (χ2n) is 4.53. The Balaban J connectivity index is 1.93. The summed E-state index contributed by atoms with van der Waals surface area (Å²) in [7, 11) is 0. The molecule has 112 valence electrons. The monoisotopic (exact) mass is 297 g/mol. The quantitative estimate of drug-likeness (QED) is 0.743. The second-order valence-corrected chi connectivity index (χ2v) is 4.53. The van der Waals surface area contributed by atoms with E-state index >= 15 is 0 Å². The van der Waals surface area contributed by atoms with Crippen molar-refractivity contribution in [1.29, 1.82) is 0 Å². The molecule has 0 unspecified atom stereocenters. The number of rotatable bonds is 5. The molecule has 3 aromatic rings. The van der Waals surface area contributed by atoms with Crippen LogP contribution in [-0.4, -0.2) is 37.2 Å².